The van der Waals surface area contributed by atoms with Crippen molar-refractivity contribution in [3.05, 3.63) is 4.91 Å². The maximum absolute atomic E-state index is 10.3. The molecule has 0 aromatic heterocycles. The van der Waals surface area contributed by atoms with Gasteiger partial charge in [0.25, 0.3) is 0 Å². The van der Waals surface area contributed by atoms with Gasteiger partial charge < -0.3 is 0 Å². The van der Waals surface area contributed by atoms with Gasteiger partial charge >= 0.3 is 0 Å². The third-order valence-electron chi connectivity index (χ3n) is 1.87. The maximum atomic E-state index is 10.3. The molecular weight excluding hydrogens is 134 g/mol. The van der Waals surface area contributed by atoms with E-state index in [1.165, 1.54) is 6.42 Å². The van der Waals surface area contributed by atoms with Crippen LogP contribution in [0.2, 0.25) is 0 Å². The van der Waals surface area contributed by atoms with Gasteiger partial charge in [-0.15, -0.1) is 15.1 Å². The quantitative estimate of drug-likeness (QED) is 0.522. The summed E-state index contributed by atoms with van der Waals surface area (Å²) in [6.07, 6.45) is 3.24. The van der Waals surface area contributed by atoms with Crippen LogP contribution in [-0.4, -0.2) is 17.8 Å². The molecule has 54 valence electrons. The number of nitrogens with zero attached hydrogens (tertiary/aromatic N) is 1. The highest BCUT2D eigenvalue weighted by Gasteiger charge is 2.28. The lowest BCUT2D eigenvalue weighted by molar-refractivity contribution is 0.669. The Labute approximate surface area is 57.4 Å². The molecule has 0 aromatic carbocycles. The fraction of sp³-hybridized carbons (Fsp3) is 1.00. The Hall–Kier alpha value is -0.0500. The summed E-state index contributed by atoms with van der Waals surface area (Å²) in [5, 5.41) is 0. The van der Waals surface area contributed by atoms with Crippen molar-refractivity contribution >= 4 is 10.2 Å². The smallest absolute Gasteiger partial charge is 0.000829 e. The predicted octanol–water partition coefficient (Wildman–Crippen LogP) is 2.14. The molecule has 0 amide bonds. The Morgan fingerprint density at radius 2 is 2.33 bits per heavy atom. The minimum Gasteiger partial charge on any atom is -0.139 e. The second kappa shape index (κ2) is 2.29. The zero-order valence-corrected chi connectivity index (χ0v) is 6.78. The Kier molecular flexibility index (Phi) is 1.80. The van der Waals surface area contributed by atoms with E-state index in [0.29, 0.717) is 0 Å². The van der Waals surface area contributed by atoms with Crippen LogP contribution in [0.5, 0.6) is 0 Å². The average molecular weight is 147 g/mol. The number of hydrogen-bond donors (Lipinski definition) is 0. The second-order valence-corrected chi connectivity index (χ2v) is 6.40. The Morgan fingerprint density at radius 1 is 1.67 bits per heavy atom. The van der Waals surface area contributed by atoms with Gasteiger partial charge in [0.2, 0.25) is 0 Å². The van der Waals surface area contributed by atoms with Crippen LogP contribution in [0.3, 0.4) is 0 Å². The fourth-order valence-corrected chi connectivity index (χ4v) is 3.91. The molecule has 0 N–H and O–H groups in total. The highest BCUT2D eigenvalue weighted by molar-refractivity contribution is 8.32. The molecule has 2 nitrogen and oxygen atoms in total. The van der Waals surface area contributed by atoms with Crippen LogP contribution in [-0.2, 0) is 0 Å². The van der Waals surface area contributed by atoms with Crippen molar-refractivity contribution in [1.29, 1.82) is 0 Å². The zero-order valence-electron chi connectivity index (χ0n) is 5.96. The van der Waals surface area contributed by atoms with Crippen molar-refractivity contribution in [2.24, 2.45) is 10.5 Å². The molecule has 0 spiro atoms. The Balaban J connectivity index is 2.54. The summed E-state index contributed by atoms with van der Waals surface area (Å²) >= 11 is 0. The van der Waals surface area contributed by atoms with Crippen molar-refractivity contribution in [1.82, 2.24) is 0 Å². The molecule has 1 aliphatic rings. The molecule has 0 radical (unpaired) electrons. The van der Waals surface area contributed by atoms with Crippen LogP contribution in [0.15, 0.2) is 4.58 Å². The lowest BCUT2D eigenvalue weighted by atomic mass is 10.2. The molecular formula is C6H13NOS. The standard InChI is InChI=1S/C6H13NOS/c1-6-3-4-9(2,5-6)7-8/h6H,3-5H2,1-2H3. The van der Waals surface area contributed by atoms with Crippen molar-refractivity contribution < 1.29 is 0 Å². The van der Waals surface area contributed by atoms with Crippen LogP contribution in [0.25, 0.3) is 0 Å². The summed E-state index contributed by atoms with van der Waals surface area (Å²) in [5.41, 5.74) is 0. The summed E-state index contributed by atoms with van der Waals surface area (Å²) in [6.45, 7) is 2.20. The van der Waals surface area contributed by atoms with E-state index in [-0.39, 0.29) is 0 Å². The largest absolute Gasteiger partial charge is 0.139 e. The van der Waals surface area contributed by atoms with Gasteiger partial charge in [-0.1, -0.05) is 6.92 Å². The summed E-state index contributed by atoms with van der Waals surface area (Å²) < 4.78 is 3.20. The summed E-state index contributed by atoms with van der Waals surface area (Å²) in [4.78, 5) is 10.3. The first-order chi connectivity index (χ1) is 4.16. The molecule has 3 heteroatoms. The van der Waals surface area contributed by atoms with Gasteiger partial charge in [0.05, 0.1) is 0 Å². The average Bonchev–Trinajstić information content (AvgIpc) is 2.13. The van der Waals surface area contributed by atoms with E-state index in [2.05, 4.69) is 11.5 Å². The van der Waals surface area contributed by atoms with Gasteiger partial charge in [0.15, 0.2) is 0 Å². The Bertz CT molecular complexity index is 128. The maximum Gasteiger partial charge on any atom is 0.000829 e. The van der Waals surface area contributed by atoms with Gasteiger partial charge in [-0.05, 0) is 28.9 Å². The highest BCUT2D eigenvalue weighted by Crippen LogP contribution is 2.53. The topological polar surface area (TPSA) is 29.4 Å². The molecule has 2 atom stereocenters. The van der Waals surface area contributed by atoms with Crippen molar-refractivity contribution in [3.8, 4) is 0 Å². The predicted molar refractivity (Wildman–Crippen MR) is 42.8 cm³/mol. The number of rotatable bonds is 1. The number of nitroso groups, excluding NO2 is 1. The third-order valence-corrected chi connectivity index (χ3v) is 4.64. The lowest BCUT2D eigenvalue weighted by Crippen LogP contribution is -1.96. The van der Waals surface area contributed by atoms with Gasteiger partial charge in [-0.25, -0.2) is 0 Å². The normalized spacial score (nSPS) is 50.2. The van der Waals surface area contributed by atoms with Crippen molar-refractivity contribution in [2.45, 2.75) is 13.3 Å². The summed E-state index contributed by atoms with van der Waals surface area (Å²) in [5.74, 6) is 2.87. The Morgan fingerprint density at radius 3 is 2.56 bits per heavy atom. The first-order valence-electron chi connectivity index (χ1n) is 3.24. The van der Waals surface area contributed by atoms with E-state index in [1.54, 1.807) is 0 Å². The zero-order chi connectivity index (χ0) is 6.91. The van der Waals surface area contributed by atoms with Crippen LogP contribution >= 0.6 is 10.2 Å². The van der Waals surface area contributed by atoms with Gasteiger partial charge in [-0.2, -0.15) is 0 Å². The molecule has 1 heterocycles. The molecule has 1 rings (SSSR count). The second-order valence-electron chi connectivity index (χ2n) is 3.06. The fourth-order valence-electron chi connectivity index (χ4n) is 1.30. The van der Waals surface area contributed by atoms with Gasteiger partial charge in [0.1, 0.15) is 0 Å². The summed E-state index contributed by atoms with van der Waals surface area (Å²) in [6, 6.07) is 0. The van der Waals surface area contributed by atoms with Crippen LogP contribution in [0.1, 0.15) is 13.3 Å². The molecule has 9 heavy (non-hydrogen) atoms. The highest BCUT2D eigenvalue weighted by atomic mass is 32.3. The van der Waals surface area contributed by atoms with Crippen LogP contribution < -0.4 is 0 Å². The molecule has 0 aliphatic carbocycles. The monoisotopic (exact) mass is 147 g/mol. The molecule has 2 unspecified atom stereocenters. The van der Waals surface area contributed by atoms with Crippen molar-refractivity contribution in [3.63, 3.8) is 0 Å². The molecule has 1 fully saturated rings. The molecule has 1 saturated heterocycles. The van der Waals surface area contributed by atoms with E-state index in [4.69, 9.17) is 0 Å². The first-order valence-corrected chi connectivity index (χ1v) is 5.58. The van der Waals surface area contributed by atoms with E-state index in [9.17, 15) is 4.91 Å². The van der Waals surface area contributed by atoms with E-state index in [0.717, 1.165) is 17.4 Å². The minimum absolute atomic E-state index is 0.739. The van der Waals surface area contributed by atoms with E-state index >= 15 is 0 Å². The summed E-state index contributed by atoms with van der Waals surface area (Å²) in [7, 11) is -1.02. The van der Waals surface area contributed by atoms with Crippen LogP contribution in [0, 0.1) is 10.8 Å². The first kappa shape index (κ1) is 7.06. The van der Waals surface area contributed by atoms with E-state index in [1.807, 2.05) is 6.26 Å². The lowest BCUT2D eigenvalue weighted by Gasteiger charge is -2.18. The van der Waals surface area contributed by atoms with Gasteiger partial charge in [-0.3, -0.25) is 0 Å². The number of hydrogen-bond acceptors (Lipinski definition) is 2. The third kappa shape index (κ3) is 1.45. The van der Waals surface area contributed by atoms with Crippen LogP contribution in [0.4, 0.5) is 0 Å². The van der Waals surface area contributed by atoms with Crippen molar-refractivity contribution in [2.75, 3.05) is 17.8 Å². The minimum atomic E-state index is -1.02. The SMILES string of the molecule is CC1CCS(C)(N=O)C1. The molecule has 0 bridgehead atoms. The van der Waals surface area contributed by atoms with Gasteiger partial charge in [0, 0.05) is 5.75 Å². The van der Waals surface area contributed by atoms with E-state index < -0.39 is 10.2 Å². The molecule has 1 aliphatic heterocycles. The molecule has 0 aromatic rings. The molecule has 0 saturated carbocycles.